The molecule has 2 N–H and O–H groups in total. The number of nitrogens with zero attached hydrogens (tertiary/aromatic N) is 7. The lowest BCUT2D eigenvalue weighted by Crippen LogP contribution is -2.45. The highest BCUT2D eigenvalue weighted by atomic mass is 19.4. The second kappa shape index (κ2) is 12.6. The van der Waals surface area contributed by atoms with Crippen LogP contribution >= 0.6 is 0 Å². The number of likely N-dealkylation sites (N-methyl/N-ethyl adjacent to an activating group) is 1. The molecule has 0 saturated heterocycles. The van der Waals surface area contributed by atoms with Gasteiger partial charge in [0.25, 0.3) is 0 Å². The maximum Gasteiger partial charge on any atom is 0.437 e. The topological polar surface area (TPSA) is 112 Å². The number of aromatic nitrogens is 4. The first-order valence-electron chi connectivity index (χ1n) is 13.6. The molecular weight excluding hydrogens is 575 g/mol. The Morgan fingerprint density at radius 2 is 1.89 bits per heavy atom. The molecule has 3 amide bonds. The average molecular weight is 606 g/mol. The fourth-order valence-corrected chi connectivity index (χ4v) is 4.62. The average Bonchev–Trinajstić information content (AvgIpc) is 3.34. The lowest BCUT2D eigenvalue weighted by molar-refractivity contribution is -0.140. The van der Waals surface area contributed by atoms with Gasteiger partial charge in [-0.15, -0.1) is 0 Å². The van der Waals surface area contributed by atoms with Gasteiger partial charge in [-0.25, -0.2) is 14.7 Å². The maximum absolute atomic E-state index is 14.0. The third-order valence-corrected chi connectivity index (χ3v) is 6.55. The van der Waals surface area contributed by atoms with Gasteiger partial charge in [-0.1, -0.05) is 42.5 Å². The molecule has 44 heavy (non-hydrogen) atoms. The van der Waals surface area contributed by atoms with Crippen molar-refractivity contribution in [1.82, 2.24) is 29.5 Å². The number of carbonyl (C=O) groups is 2. The smallest absolute Gasteiger partial charge is 0.322 e. The van der Waals surface area contributed by atoms with Crippen LogP contribution in [0, 0.1) is 0 Å². The second-order valence-electron chi connectivity index (χ2n) is 10.4. The molecule has 1 aliphatic rings. The molecule has 0 spiro atoms. The van der Waals surface area contributed by atoms with Crippen molar-refractivity contribution >= 4 is 40.8 Å². The van der Waals surface area contributed by atoms with E-state index in [0.29, 0.717) is 30.0 Å². The van der Waals surface area contributed by atoms with E-state index in [2.05, 4.69) is 25.7 Å². The molecule has 228 valence electrons. The number of aryl methyl sites for hydroxylation is 1. The van der Waals surface area contributed by atoms with Crippen molar-refractivity contribution in [3.05, 3.63) is 96.0 Å². The van der Waals surface area contributed by atoms with Gasteiger partial charge in [0.1, 0.15) is 0 Å². The standard InChI is InChI=1S/C30H30F3N9O2/c1-39(2)14-8-13-25(43)35-22-11-7-12-23(15-22)42-27-21(18-41(29(42)44)17-20-9-5-4-6-10-20)16-34-28(37-27)36-24-19-40(3)38-26(24)30(31,32)33/h4-13,15-16,19H,14,17-18H2,1-3H3,(H,35,43)(H,34,36,37)/b13-8+. The summed E-state index contributed by atoms with van der Waals surface area (Å²) < 4.78 is 41.8. The molecule has 0 atom stereocenters. The Morgan fingerprint density at radius 1 is 1.11 bits per heavy atom. The van der Waals surface area contributed by atoms with Gasteiger partial charge in [0.15, 0.2) is 11.5 Å². The fourth-order valence-electron chi connectivity index (χ4n) is 4.62. The predicted molar refractivity (Wildman–Crippen MR) is 160 cm³/mol. The molecule has 1 aliphatic heterocycles. The highest BCUT2D eigenvalue weighted by Crippen LogP contribution is 2.37. The number of benzene rings is 2. The van der Waals surface area contributed by atoms with E-state index < -0.39 is 17.9 Å². The van der Waals surface area contributed by atoms with Crippen LogP contribution in [0.2, 0.25) is 0 Å². The minimum Gasteiger partial charge on any atom is -0.322 e. The molecule has 0 fully saturated rings. The van der Waals surface area contributed by atoms with E-state index in [1.165, 1.54) is 30.4 Å². The lowest BCUT2D eigenvalue weighted by Gasteiger charge is -2.36. The van der Waals surface area contributed by atoms with Crippen LogP contribution in [-0.2, 0) is 31.1 Å². The number of nitrogens with one attached hydrogen (secondary N) is 2. The number of anilines is 5. The molecule has 4 aromatic rings. The Balaban J connectivity index is 1.50. The van der Waals surface area contributed by atoms with Gasteiger partial charge in [-0.05, 0) is 37.9 Å². The summed E-state index contributed by atoms with van der Waals surface area (Å²) in [6, 6.07) is 15.7. The molecule has 5 rings (SSSR count). The van der Waals surface area contributed by atoms with Crippen LogP contribution in [0.3, 0.4) is 0 Å². The van der Waals surface area contributed by atoms with Crippen molar-refractivity contribution in [2.75, 3.05) is 36.2 Å². The maximum atomic E-state index is 14.0. The highest BCUT2D eigenvalue weighted by molar-refractivity contribution is 6.03. The first-order valence-corrected chi connectivity index (χ1v) is 13.6. The number of fused-ring (bicyclic) bond motifs is 1. The zero-order chi connectivity index (χ0) is 31.4. The first-order chi connectivity index (χ1) is 21.0. The molecule has 0 radical (unpaired) electrons. The van der Waals surface area contributed by atoms with Crippen molar-refractivity contribution in [1.29, 1.82) is 0 Å². The summed E-state index contributed by atoms with van der Waals surface area (Å²) in [7, 11) is 5.15. The van der Waals surface area contributed by atoms with Crippen molar-refractivity contribution < 1.29 is 22.8 Å². The molecule has 0 aliphatic carbocycles. The van der Waals surface area contributed by atoms with Crippen molar-refractivity contribution in [2.45, 2.75) is 19.3 Å². The molecule has 2 aromatic heterocycles. The van der Waals surface area contributed by atoms with E-state index in [4.69, 9.17) is 0 Å². The van der Waals surface area contributed by atoms with E-state index >= 15 is 0 Å². The van der Waals surface area contributed by atoms with Gasteiger partial charge in [0.2, 0.25) is 11.9 Å². The molecule has 3 heterocycles. The van der Waals surface area contributed by atoms with E-state index in [9.17, 15) is 22.8 Å². The number of hydrogen-bond acceptors (Lipinski definition) is 7. The largest absolute Gasteiger partial charge is 0.437 e. The van der Waals surface area contributed by atoms with Crippen LogP contribution in [0.15, 0.2) is 79.1 Å². The molecule has 0 saturated carbocycles. The third-order valence-electron chi connectivity index (χ3n) is 6.55. The lowest BCUT2D eigenvalue weighted by atomic mass is 10.1. The summed E-state index contributed by atoms with van der Waals surface area (Å²) in [6.45, 7) is 1.06. The zero-order valence-electron chi connectivity index (χ0n) is 24.2. The van der Waals surface area contributed by atoms with Gasteiger partial charge in [-0.2, -0.15) is 23.3 Å². The van der Waals surface area contributed by atoms with Gasteiger partial charge in [-0.3, -0.25) is 9.48 Å². The molecular formula is C30H30F3N9O2. The quantitative estimate of drug-likeness (QED) is 0.249. The van der Waals surface area contributed by atoms with E-state index in [1.54, 1.807) is 35.2 Å². The molecule has 14 heteroatoms. The minimum atomic E-state index is -4.70. The number of urea groups is 1. The van der Waals surface area contributed by atoms with Gasteiger partial charge < -0.3 is 20.4 Å². The number of rotatable bonds is 9. The van der Waals surface area contributed by atoms with Crippen molar-refractivity contribution in [3.63, 3.8) is 0 Å². The zero-order valence-corrected chi connectivity index (χ0v) is 24.2. The number of halogens is 3. The van der Waals surface area contributed by atoms with Crippen LogP contribution in [0.5, 0.6) is 0 Å². The predicted octanol–water partition coefficient (Wildman–Crippen LogP) is 5.30. The van der Waals surface area contributed by atoms with E-state index in [-0.39, 0.29) is 29.9 Å². The second-order valence-corrected chi connectivity index (χ2v) is 10.4. The number of carbonyl (C=O) groups excluding carboxylic acids is 2. The Hall–Kier alpha value is -5.24. The Kier molecular flexibility index (Phi) is 8.62. The SMILES string of the molecule is CN(C)C/C=C/C(=O)Nc1cccc(N2C(=O)N(Cc3ccccc3)Cc3cnc(Nc4cn(C)nc4C(F)(F)F)nc32)c1. The van der Waals surface area contributed by atoms with E-state index in [0.717, 1.165) is 10.2 Å². The highest BCUT2D eigenvalue weighted by Gasteiger charge is 2.38. The van der Waals surface area contributed by atoms with Crippen LogP contribution < -0.4 is 15.5 Å². The summed E-state index contributed by atoms with van der Waals surface area (Å²) in [5.41, 5.74) is 0.873. The number of hydrogen-bond donors (Lipinski definition) is 2. The Morgan fingerprint density at radius 3 is 2.61 bits per heavy atom. The third kappa shape index (κ3) is 7.03. The molecule has 0 unspecified atom stereocenters. The minimum absolute atomic E-state index is 0.146. The van der Waals surface area contributed by atoms with Crippen molar-refractivity contribution in [2.24, 2.45) is 7.05 Å². The molecule has 0 bridgehead atoms. The van der Waals surface area contributed by atoms with Crippen LogP contribution in [-0.4, -0.2) is 62.1 Å². The fraction of sp³-hybridized carbons (Fsp3) is 0.233. The summed E-state index contributed by atoms with van der Waals surface area (Å²) in [6.07, 6.45) is 1.10. The summed E-state index contributed by atoms with van der Waals surface area (Å²) >= 11 is 0. The van der Waals surface area contributed by atoms with Crippen molar-refractivity contribution in [3.8, 4) is 0 Å². The van der Waals surface area contributed by atoms with Gasteiger partial charge in [0, 0.05) is 49.9 Å². The number of amides is 3. The van der Waals surface area contributed by atoms with Crippen LogP contribution in [0.1, 0.15) is 16.8 Å². The summed E-state index contributed by atoms with van der Waals surface area (Å²) in [5.74, 6) is -0.290. The first kappa shape index (κ1) is 30.2. The molecule has 2 aromatic carbocycles. The van der Waals surface area contributed by atoms with Gasteiger partial charge >= 0.3 is 12.2 Å². The summed E-state index contributed by atoms with van der Waals surface area (Å²) in [5, 5.41) is 8.91. The normalized spacial score (nSPS) is 13.5. The van der Waals surface area contributed by atoms with Crippen LogP contribution in [0.25, 0.3) is 0 Å². The number of alkyl halides is 3. The summed E-state index contributed by atoms with van der Waals surface area (Å²) in [4.78, 5) is 40.1. The van der Waals surface area contributed by atoms with E-state index in [1.807, 2.05) is 49.3 Å². The van der Waals surface area contributed by atoms with Gasteiger partial charge in [0.05, 0.1) is 17.9 Å². The Labute approximate surface area is 251 Å². The molecule has 11 nitrogen and oxygen atoms in total. The Bertz CT molecular complexity index is 1690. The van der Waals surface area contributed by atoms with Crippen LogP contribution in [0.4, 0.5) is 46.8 Å². The monoisotopic (exact) mass is 605 g/mol.